The van der Waals surface area contributed by atoms with Crippen LogP contribution in [0.4, 0.5) is 5.69 Å². The zero-order valence-electron chi connectivity index (χ0n) is 8.53. The van der Waals surface area contributed by atoms with Crippen LogP contribution in [0.3, 0.4) is 0 Å². The second-order valence-corrected chi connectivity index (χ2v) is 3.17. The largest absolute Gasteiger partial charge is 0.478 e. The number of carboxylic acid groups (broad SMARTS) is 1. The number of aromatic nitrogens is 3. The Bertz CT molecular complexity index is 626. The number of para-hydroxylation sites is 1. The fraction of sp³-hybridized carbons (Fsp3) is 0. The number of hydrogen-bond donors (Lipinski definition) is 2. The Kier molecular flexibility index (Phi) is 2.46. The van der Waals surface area contributed by atoms with Crippen molar-refractivity contribution in [3.8, 4) is 11.8 Å². The molecule has 0 saturated carbocycles. The molecular weight excluding hydrogens is 222 g/mol. The van der Waals surface area contributed by atoms with Gasteiger partial charge in [0.25, 0.3) is 5.82 Å². The second-order valence-electron chi connectivity index (χ2n) is 3.17. The lowest BCUT2D eigenvalue weighted by molar-refractivity contribution is 0.0697. The van der Waals surface area contributed by atoms with Gasteiger partial charge in [-0.2, -0.15) is 5.26 Å². The van der Waals surface area contributed by atoms with E-state index in [9.17, 15) is 4.79 Å². The molecule has 1 aromatic carbocycles. The molecule has 17 heavy (non-hydrogen) atoms. The van der Waals surface area contributed by atoms with E-state index < -0.39 is 5.97 Å². The van der Waals surface area contributed by atoms with Crippen molar-refractivity contribution >= 4 is 11.7 Å². The Morgan fingerprint density at radius 2 is 2.29 bits per heavy atom. The van der Waals surface area contributed by atoms with Crippen LogP contribution in [-0.4, -0.2) is 25.8 Å². The van der Waals surface area contributed by atoms with Crippen molar-refractivity contribution in [1.29, 1.82) is 5.26 Å². The molecule has 0 aliphatic heterocycles. The first-order valence-electron chi connectivity index (χ1n) is 4.57. The van der Waals surface area contributed by atoms with Crippen molar-refractivity contribution < 1.29 is 9.90 Å². The molecule has 0 atom stereocenters. The molecule has 2 rings (SSSR count). The van der Waals surface area contributed by atoms with Crippen LogP contribution < -0.4 is 5.73 Å². The van der Waals surface area contributed by atoms with Gasteiger partial charge in [-0.1, -0.05) is 6.07 Å². The van der Waals surface area contributed by atoms with Gasteiger partial charge in [-0.25, -0.2) is 14.5 Å². The van der Waals surface area contributed by atoms with Crippen LogP contribution in [0.5, 0.6) is 0 Å². The lowest BCUT2D eigenvalue weighted by atomic mass is 10.1. The van der Waals surface area contributed by atoms with Crippen LogP contribution in [0, 0.1) is 11.3 Å². The number of aromatic carboxylic acids is 1. The number of carbonyl (C=O) groups is 1. The molecular formula is C10H7N5O2. The van der Waals surface area contributed by atoms with Crippen LogP contribution in [0.2, 0.25) is 0 Å². The number of nitrogens with zero attached hydrogens (tertiary/aromatic N) is 4. The molecule has 1 aromatic heterocycles. The monoisotopic (exact) mass is 229 g/mol. The number of nitrogens with two attached hydrogens (primary N) is 1. The van der Waals surface area contributed by atoms with E-state index in [4.69, 9.17) is 16.1 Å². The Morgan fingerprint density at radius 1 is 1.53 bits per heavy atom. The van der Waals surface area contributed by atoms with E-state index in [-0.39, 0.29) is 22.8 Å². The predicted octanol–water partition coefficient (Wildman–Crippen LogP) is 0.419. The van der Waals surface area contributed by atoms with Gasteiger partial charge in [0, 0.05) is 0 Å². The number of benzene rings is 1. The molecule has 0 bridgehead atoms. The molecule has 2 aromatic rings. The maximum absolute atomic E-state index is 11.0. The topological polar surface area (TPSA) is 118 Å². The fourth-order valence-corrected chi connectivity index (χ4v) is 1.41. The Hall–Kier alpha value is -2.88. The third kappa shape index (κ3) is 1.79. The Labute approximate surface area is 95.7 Å². The third-order valence-corrected chi connectivity index (χ3v) is 2.12. The molecule has 0 radical (unpaired) electrons. The summed E-state index contributed by atoms with van der Waals surface area (Å²) in [7, 11) is 0. The van der Waals surface area contributed by atoms with Gasteiger partial charge >= 0.3 is 5.97 Å². The molecule has 7 heteroatoms. The van der Waals surface area contributed by atoms with Crippen molar-refractivity contribution in [3.05, 3.63) is 35.9 Å². The first kappa shape index (κ1) is 10.6. The summed E-state index contributed by atoms with van der Waals surface area (Å²) in [4.78, 5) is 14.7. The minimum atomic E-state index is -1.12. The summed E-state index contributed by atoms with van der Waals surface area (Å²) in [5, 5.41) is 21.4. The molecule has 0 amide bonds. The van der Waals surface area contributed by atoms with Crippen molar-refractivity contribution in [2.75, 3.05) is 5.73 Å². The zero-order chi connectivity index (χ0) is 12.4. The molecule has 1 heterocycles. The van der Waals surface area contributed by atoms with Gasteiger partial charge in [0.1, 0.15) is 18.1 Å². The number of carboxylic acids is 1. The highest BCUT2D eigenvalue weighted by atomic mass is 16.4. The number of anilines is 1. The van der Waals surface area contributed by atoms with E-state index in [2.05, 4.69) is 10.1 Å². The summed E-state index contributed by atoms with van der Waals surface area (Å²) < 4.78 is 1.18. The van der Waals surface area contributed by atoms with Crippen molar-refractivity contribution in [1.82, 2.24) is 14.8 Å². The maximum atomic E-state index is 11.0. The number of rotatable bonds is 2. The molecule has 84 valence electrons. The molecule has 0 aliphatic carbocycles. The smallest absolute Gasteiger partial charge is 0.337 e. The number of nitrogen functional groups attached to an aromatic ring is 1. The standard InChI is InChI=1S/C10H7N5O2/c11-4-8-13-5-15(14-8)9-6(10(16)17)2-1-3-7(9)12/h1-3,5H,12H2,(H,16,17). The van der Waals surface area contributed by atoms with Crippen LogP contribution >= 0.6 is 0 Å². The molecule has 0 saturated heterocycles. The van der Waals surface area contributed by atoms with E-state index >= 15 is 0 Å². The summed E-state index contributed by atoms with van der Waals surface area (Å²) in [6.45, 7) is 0. The summed E-state index contributed by atoms with van der Waals surface area (Å²) >= 11 is 0. The average Bonchev–Trinajstić information content (AvgIpc) is 2.76. The van der Waals surface area contributed by atoms with Crippen LogP contribution in [0.1, 0.15) is 16.2 Å². The second kappa shape index (κ2) is 3.94. The van der Waals surface area contributed by atoms with Gasteiger partial charge in [-0.15, -0.1) is 5.10 Å². The lowest BCUT2D eigenvalue weighted by Crippen LogP contribution is -2.09. The lowest BCUT2D eigenvalue weighted by Gasteiger charge is -2.07. The van der Waals surface area contributed by atoms with Gasteiger partial charge in [-0.3, -0.25) is 0 Å². The van der Waals surface area contributed by atoms with Crippen LogP contribution in [0.15, 0.2) is 24.5 Å². The van der Waals surface area contributed by atoms with E-state index in [1.807, 2.05) is 0 Å². The fourth-order valence-electron chi connectivity index (χ4n) is 1.41. The molecule has 7 nitrogen and oxygen atoms in total. The molecule has 0 spiro atoms. The van der Waals surface area contributed by atoms with Crippen molar-refractivity contribution in [2.45, 2.75) is 0 Å². The molecule has 0 fully saturated rings. The first-order chi connectivity index (χ1) is 8.13. The summed E-state index contributed by atoms with van der Waals surface area (Å²) in [5.74, 6) is -1.18. The van der Waals surface area contributed by atoms with Gasteiger partial charge < -0.3 is 10.8 Å². The first-order valence-corrected chi connectivity index (χ1v) is 4.57. The highest BCUT2D eigenvalue weighted by Gasteiger charge is 2.15. The molecule has 3 N–H and O–H groups in total. The maximum Gasteiger partial charge on any atom is 0.337 e. The van der Waals surface area contributed by atoms with Gasteiger partial charge in [0.15, 0.2) is 0 Å². The van der Waals surface area contributed by atoms with Crippen LogP contribution in [-0.2, 0) is 0 Å². The van der Waals surface area contributed by atoms with Crippen molar-refractivity contribution in [3.63, 3.8) is 0 Å². The predicted molar refractivity (Wildman–Crippen MR) is 57.4 cm³/mol. The highest BCUT2D eigenvalue weighted by Crippen LogP contribution is 2.21. The normalized spacial score (nSPS) is 9.82. The average molecular weight is 229 g/mol. The quantitative estimate of drug-likeness (QED) is 0.720. The highest BCUT2D eigenvalue weighted by molar-refractivity contribution is 5.94. The summed E-state index contributed by atoms with van der Waals surface area (Å²) in [6.07, 6.45) is 1.25. The van der Waals surface area contributed by atoms with E-state index in [1.54, 1.807) is 12.1 Å². The molecule has 0 unspecified atom stereocenters. The Morgan fingerprint density at radius 3 is 2.88 bits per heavy atom. The van der Waals surface area contributed by atoms with Crippen LogP contribution in [0.25, 0.3) is 5.69 Å². The van der Waals surface area contributed by atoms with E-state index in [0.717, 1.165) is 0 Å². The van der Waals surface area contributed by atoms with Gasteiger partial charge in [0.2, 0.25) is 0 Å². The summed E-state index contributed by atoms with van der Waals surface area (Å²) in [6, 6.07) is 6.24. The van der Waals surface area contributed by atoms with Gasteiger partial charge in [-0.05, 0) is 12.1 Å². The van der Waals surface area contributed by atoms with E-state index in [1.165, 1.54) is 23.1 Å². The van der Waals surface area contributed by atoms with Gasteiger partial charge in [0.05, 0.1) is 11.3 Å². The Balaban J connectivity index is 2.66. The van der Waals surface area contributed by atoms with E-state index in [0.29, 0.717) is 0 Å². The molecule has 0 aliphatic rings. The number of nitriles is 1. The summed E-state index contributed by atoms with van der Waals surface area (Å²) in [5.41, 5.74) is 6.16. The zero-order valence-corrected chi connectivity index (χ0v) is 8.53. The van der Waals surface area contributed by atoms with Crippen molar-refractivity contribution in [2.24, 2.45) is 0 Å². The minimum absolute atomic E-state index is 0.000565. The number of hydrogen-bond acceptors (Lipinski definition) is 5. The SMILES string of the molecule is N#Cc1ncn(-c2c(N)cccc2C(=O)O)n1. The third-order valence-electron chi connectivity index (χ3n) is 2.12. The minimum Gasteiger partial charge on any atom is -0.478 e.